The molecule has 0 radical (unpaired) electrons. The number of rotatable bonds is 5. The highest BCUT2D eigenvalue weighted by atomic mass is 35.5. The summed E-state index contributed by atoms with van der Waals surface area (Å²) >= 11 is 6.28. The number of hydrogen-bond acceptors (Lipinski definition) is 3. The van der Waals surface area contributed by atoms with Crippen LogP contribution in [0.25, 0.3) is 0 Å². The van der Waals surface area contributed by atoms with Gasteiger partial charge in [0.2, 0.25) is 0 Å². The van der Waals surface area contributed by atoms with Gasteiger partial charge in [0.05, 0.1) is 16.4 Å². The summed E-state index contributed by atoms with van der Waals surface area (Å²) in [5.74, 6) is -0.716. The Morgan fingerprint density at radius 3 is 2.75 bits per heavy atom. The van der Waals surface area contributed by atoms with E-state index in [4.69, 9.17) is 11.6 Å². The summed E-state index contributed by atoms with van der Waals surface area (Å²) in [7, 11) is 1.85. The van der Waals surface area contributed by atoms with Gasteiger partial charge in [0, 0.05) is 13.6 Å². The first-order chi connectivity index (χ1) is 9.42. The van der Waals surface area contributed by atoms with E-state index in [-0.39, 0.29) is 0 Å². The van der Waals surface area contributed by atoms with Crippen molar-refractivity contribution >= 4 is 17.6 Å². The van der Waals surface area contributed by atoms with E-state index in [9.17, 15) is 9.90 Å². The number of nitrogens with zero attached hydrogens (tertiary/aromatic N) is 3. The molecule has 0 aromatic carbocycles. The van der Waals surface area contributed by atoms with Crippen molar-refractivity contribution in [3.63, 3.8) is 0 Å². The summed E-state index contributed by atoms with van der Waals surface area (Å²) < 4.78 is 1.76. The quantitative estimate of drug-likeness (QED) is 0.908. The van der Waals surface area contributed by atoms with Crippen LogP contribution in [0, 0.1) is 6.92 Å². The zero-order chi connectivity index (χ0) is 14.9. The minimum atomic E-state index is -0.740. The Morgan fingerprint density at radius 2 is 2.25 bits per heavy atom. The van der Waals surface area contributed by atoms with Crippen LogP contribution in [0.15, 0.2) is 0 Å². The molecule has 1 saturated heterocycles. The molecule has 1 aromatic heterocycles. The molecule has 1 fully saturated rings. The lowest BCUT2D eigenvalue weighted by Gasteiger charge is -2.34. The van der Waals surface area contributed by atoms with Gasteiger partial charge in [-0.3, -0.25) is 14.4 Å². The lowest BCUT2D eigenvalue weighted by atomic mass is 9.90. The van der Waals surface area contributed by atoms with Crippen LogP contribution in [-0.2, 0) is 18.4 Å². The number of hydrogen-bond donors (Lipinski definition) is 1. The minimum Gasteiger partial charge on any atom is -0.480 e. The van der Waals surface area contributed by atoms with E-state index in [2.05, 4.69) is 10.00 Å². The summed E-state index contributed by atoms with van der Waals surface area (Å²) in [5, 5.41) is 14.6. The number of aromatic nitrogens is 2. The van der Waals surface area contributed by atoms with Gasteiger partial charge in [0.25, 0.3) is 0 Å². The first-order valence-corrected chi connectivity index (χ1v) is 7.46. The van der Waals surface area contributed by atoms with Crippen molar-refractivity contribution in [2.45, 2.75) is 51.6 Å². The molecular weight excluding hydrogens is 278 g/mol. The van der Waals surface area contributed by atoms with E-state index >= 15 is 0 Å². The molecule has 1 aliphatic rings. The Bertz CT molecular complexity index is 515. The van der Waals surface area contributed by atoms with Crippen molar-refractivity contribution < 1.29 is 9.90 Å². The third-order valence-corrected chi connectivity index (χ3v) is 4.78. The molecule has 0 aliphatic carbocycles. The average molecular weight is 300 g/mol. The Balaban J connectivity index is 2.29. The Morgan fingerprint density at radius 1 is 1.55 bits per heavy atom. The van der Waals surface area contributed by atoms with Crippen LogP contribution < -0.4 is 0 Å². The molecule has 0 spiro atoms. The second kappa shape index (κ2) is 5.74. The van der Waals surface area contributed by atoms with Crippen molar-refractivity contribution in [2.24, 2.45) is 7.05 Å². The molecular formula is C14H22ClN3O2. The van der Waals surface area contributed by atoms with Crippen molar-refractivity contribution in [1.82, 2.24) is 14.7 Å². The molecule has 0 amide bonds. The van der Waals surface area contributed by atoms with Gasteiger partial charge in [0.1, 0.15) is 5.54 Å². The molecule has 1 N–H and O–H groups in total. The number of aliphatic carboxylic acids is 1. The number of aryl methyl sites for hydroxylation is 2. The fourth-order valence-electron chi connectivity index (χ4n) is 3.24. The molecule has 1 unspecified atom stereocenters. The zero-order valence-electron chi connectivity index (χ0n) is 12.3. The van der Waals surface area contributed by atoms with Crippen LogP contribution in [0.1, 0.15) is 44.0 Å². The molecule has 6 heteroatoms. The number of carboxylic acids is 1. The van der Waals surface area contributed by atoms with Gasteiger partial charge in [-0.05, 0) is 32.7 Å². The third kappa shape index (κ3) is 2.44. The fourth-order valence-corrected chi connectivity index (χ4v) is 3.46. The second-order valence-corrected chi connectivity index (χ2v) is 5.96. The highest BCUT2D eigenvalue weighted by molar-refractivity contribution is 6.31. The Hall–Kier alpha value is -1.07. The van der Waals surface area contributed by atoms with Crippen LogP contribution in [0.3, 0.4) is 0 Å². The topological polar surface area (TPSA) is 58.4 Å². The van der Waals surface area contributed by atoms with Crippen molar-refractivity contribution in [3.05, 3.63) is 16.4 Å². The maximum atomic E-state index is 11.8. The van der Waals surface area contributed by atoms with Crippen molar-refractivity contribution in [3.8, 4) is 0 Å². The van der Waals surface area contributed by atoms with Crippen molar-refractivity contribution in [1.29, 1.82) is 0 Å². The Kier molecular flexibility index (Phi) is 4.39. The zero-order valence-corrected chi connectivity index (χ0v) is 13.1. The van der Waals surface area contributed by atoms with Crippen LogP contribution >= 0.6 is 11.6 Å². The molecule has 0 saturated carbocycles. The van der Waals surface area contributed by atoms with E-state index in [1.807, 2.05) is 20.9 Å². The molecule has 1 aliphatic heterocycles. The van der Waals surface area contributed by atoms with Gasteiger partial charge >= 0.3 is 5.97 Å². The molecule has 20 heavy (non-hydrogen) atoms. The highest BCUT2D eigenvalue weighted by Gasteiger charge is 2.47. The number of likely N-dealkylation sites (tertiary alicyclic amines) is 1. The van der Waals surface area contributed by atoms with Gasteiger partial charge in [0.15, 0.2) is 0 Å². The molecule has 112 valence electrons. The molecule has 2 heterocycles. The third-order valence-electron chi connectivity index (χ3n) is 4.29. The standard InChI is InChI=1S/C14H22ClN3O2/c1-4-6-14(13(19)20)7-5-8-18(14)9-11-12(15)10(2)16-17(11)3/h4-9H2,1-3H3,(H,19,20). The second-order valence-electron chi connectivity index (χ2n) is 5.58. The predicted octanol–water partition coefficient (Wildman–Crippen LogP) is 2.60. The lowest BCUT2D eigenvalue weighted by molar-refractivity contribution is -0.150. The summed E-state index contributed by atoms with van der Waals surface area (Å²) in [5.41, 5.74) is 0.948. The van der Waals surface area contributed by atoms with Crippen LogP contribution in [-0.4, -0.2) is 37.8 Å². The first kappa shape index (κ1) is 15.3. The lowest BCUT2D eigenvalue weighted by Crippen LogP contribution is -2.50. The fraction of sp³-hybridized carbons (Fsp3) is 0.714. The van der Waals surface area contributed by atoms with E-state index in [0.717, 1.165) is 30.8 Å². The van der Waals surface area contributed by atoms with Gasteiger partial charge in [-0.25, -0.2) is 0 Å². The normalized spacial score (nSPS) is 23.4. The number of carboxylic acid groups (broad SMARTS) is 1. The minimum absolute atomic E-state index is 0.544. The summed E-state index contributed by atoms with van der Waals surface area (Å²) in [6.45, 7) is 5.24. The highest BCUT2D eigenvalue weighted by Crippen LogP contribution is 2.36. The van der Waals surface area contributed by atoms with Gasteiger partial charge < -0.3 is 5.11 Å². The summed E-state index contributed by atoms with van der Waals surface area (Å²) in [6.07, 6.45) is 3.17. The molecule has 0 bridgehead atoms. The van der Waals surface area contributed by atoms with Crippen LogP contribution in [0.4, 0.5) is 0 Å². The smallest absolute Gasteiger partial charge is 0.324 e. The Labute approximate surface area is 124 Å². The van der Waals surface area contributed by atoms with E-state index in [1.54, 1.807) is 4.68 Å². The van der Waals surface area contributed by atoms with Gasteiger partial charge in [-0.1, -0.05) is 24.9 Å². The van der Waals surface area contributed by atoms with E-state index in [0.29, 0.717) is 24.4 Å². The van der Waals surface area contributed by atoms with Gasteiger partial charge in [-0.2, -0.15) is 5.10 Å². The van der Waals surface area contributed by atoms with Gasteiger partial charge in [-0.15, -0.1) is 0 Å². The molecule has 1 aromatic rings. The first-order valence-electron chi connectivity index (χ1n) is 7.08. The summed E-state index contributed by atoms with van der Waals surface area (Å²) in [6, 6.07) is 0. The van der Waals surface area contributed by atoms with Crippen molar-refractivity contribution in [2.75, 3.05) is 6.54 Å². The monoisotopic (exact) mass is 299 g/mol. The summed E-state index contributed by atoms with van der Waals surface area (Å²) in [4.78, 5) is 13.8. The largest absolute Gasteiger partial charge is 0.480 e. The molecule has 2 rings (SSSR count). The average Bonchev–Trinajstić information content (AvgIpc) is 2.88. The maximum absolute atomic E-state index is 11.8. The number of halogens is 1. The van der Waals surface area contributed by atoms with Crippen LogP contribution in [0.5, 0.6) is 0 Å². The maximum Gasteiger partial charge on any atom is 0.324 e. The van der Waals surface area contributed by atoms with E-state index < -0.39 is 11.5 Å². The number of carbonyl (C=O) groups is 1. The predicted molar refractivity (Wildman–Crippen MR) is 77.9 cm³/mol. The van der Waals surface area contributed by atoms with E-state index in [1.165, 1.54) is 0 Å². The van der Waals surface area contributed by atoms with Crippen LogP contribution in [0.2, 0.25) is 5.02 Å². The molecule has 5 nitrogen and oxygen atoms in total. The molecule has 1 atom stereocenters. The SMILES string of the molecule is CCCC1(C(=O)O)CCCN1Cc1c(Cl)c(C)nn1C.